The Bertz CT molecular complexity index is 1020. The third-order valence-electron chi connectivity index (χ3n) is 4.41. The van der Waals surface area contributed by atoms with Crippen molar-refractivity contribution < 1.29 is 14.3 Å². The van der Waals surface area contributed by atoms with Crippen molar-refractivity contribution in [2.24, 2.45) is 10.7 Å². The number of carbonyl (C=O) groups excluding carboxylic acids is 1. The number of amidine groups is 2. The van der Waals surface area contributed by atoms with Crippen LogP contribution in [0.15, 0.2) is 65.8 Å². The second-order valence-electron chi connectivity index (χ2n) is 6.80. The number of aromatic nitrogens is 1. The molecule has 1 saturated heterocycles. The number of morpholine rings is 1. The highest BCUT2D eigenvalue weighted by atomic mass is 16.5. The fourth-order valence-electron chi connectivity index (χ4n) is 2.78. The maximum atomic E-state index is 12.3. The van der Waals surface area contributed by atoms with Crippen LogP contribution in [0.5, 0.6) is 5.75 Å². The number of carbonyl (C=O) groups is 1. The summed E-state index contributed by atoms with van der Waals surface area (Å²) in [7, 11) is 0. The van der Waals surface area contributed by atoms with Gasteiger partial charge in [0.05, 0.1) is 18.9 Å². The van der Waals surface area contributed by atoms with Gasteiger partial charge in [0, 0.05) is 25.4 Å². The fraction of sp³-hybridized carbons (Fsp3) is 0.227. The molecule has 10 heteroatoms. The lowest BCUT2D eigenvalue weighted by Crippen LogP contribution is -2.43. The summed E-state index contributed by atoms with van der Waals surface area (Å²) < 4.78 is 10.8. The summed E-state index contributed by atoms with van der Waals surface area (Å²) >= 11 is 0. The smallest absolute Gasteiger partial charge is 0.323 e. The zero-order valence-corrected chi connectivity index (χ0v) is 17.5. The van der Waals surface area contributed by atoms with Crippen LogP contribution in [0.2, 0.25) is 0 Å². The Hall–Kier alpha value is -4.05. The average molecular weight is 435 g/mol. The number of nitrogens with two attached hydrogens (primary N) is 1. The van der Waals surface area contributed by atoms with Crippen LogP contribution in [0, 0.1) is 10.8 Å². The molecule has 5 N–H and O–H groups in total. The van der Waals surface area contributed by atoms with Gasteiger partial charge in [-0.15, -0.1) is 0 Å². The van der Waals surface area contributed by atoms with E-state index in [1.54, 1.807) is 17.0 Å². The molecule has 2 aromatic rings. The molecule has 0 spiro atoms. The van der Waals surface area contributed by atoms with Gasteiger partial charge in [-0.2, -0.15) is 0 Å². The maximum Gasteiger partial charge on any atom is 0.323 e. The SMILES string of the molecule is N=C(/C=C\C(=N)c1ccccc1)N=C(N)COc1ccnc(NC(=O)N2CCOCC2)c1. The van der Waals surface area contributed by atoms with Gasteiger partial charge >= 0.3 is 6.03 Å². The van der Waals surface area contributed by atoms with Gasteiger partial charge in [-0.05, 0) is 23.8 Å². The predicted molar refractivity (Wildman–Crippen MR) is 123 cm³/mol. The number of ether oxygens (including phenoxy) is 2. The number of rotatable bonds is 7. The second-order valence-corrected chi connectivity index (χ2v) is 6.80. The summed E-state index contributed by atoms with van der Waals surface area (Å²) in [5, 5.41) is 18.6. The molecule has 166 valence electrons. The lowest BCUT2D eigenvalue weighted by Gasteiger charge is -2.26. The molecule has 32 heavy (non-hydrogen) atoms. The highest BCUT2D eigenvalue weighted by Gasteiger charge is 2.17. The molecule has 0 radical (unpaired) electrons. The van der Waals surface area contributed by atoms with Crippen LogP contribution in [0.25, 0.3) is 0 Å². The first-order chi connectivity index (χ1) is 15.5. The summed E-state index contributed by atoms with van der Waals surface area (Å²) in [4.78, 5) is 22.0. The number of nitrogens with one attached hydrogen (secondary N) is 3. The zero-order chi connectivity index (χ0) is 22.8. The lowest BCUT2D eigenvalue weighted by atomic mass is 10.1. The van der Waals surface area contributed by atoms with Gasteiger partial charge < -0.3 is 25.5 Å². The number of benzene rings is 1. The highest BCUT2D eigenvalue weighted by molar-refractivity contribution is 6.11. The van der Waals surface area contributed by atoms with E-state index in [0.29, 0.717) is 37.9 Å². The van der Waals surface area contributed by atoms with Crippen molar-refractivity contribution >= 4 is 29.2 Å². The molecule has 10 nitrogen and oxygen atoms in total. The lowest BCUT2D eigenvalue weighted by molar-refractivity contribution is 0.0564. The molecule has 2 heterocycles. The number of hydrogen-bond acceptors (Lipinski definition) is 6. The summed E-state index contributed by atoms with van der Waals surface area (Å²) in [5.74, 6) is 0.800. The first-order valence-corrected chi connectivity index (χ1v) is 9.97. The number of pyridine rings is 1. The monoisotopic (exact) mass is 435 g/mol. The first-order valence-electron chi connectivity index (χ1n) is 9.97. The van der Waals surface area contributed by atoms with Crippen molar-refractivity contribution in [3.05, 3.63) is 66.4 Å². The summed E-state index contributed by atoms with van der Waals surface area (Å²) in [5.41, 5.74) is 6.86. The van der Waals surface area contributed by atoms with E-state index in [1.807, 2.05) is 30.3 Å². The van der Waals surface area contributed by atoms with Crippen LogP contribution in [-0.4, -0.2) is 66.2 Å². The Labute approximate surface area is 185 Å². The number of amides is 2. The van der Waals surface area contributed by atoms with Crippen LogP contribution in [0.4, 0.5) is 10.6 Å². The maximum absolute atomic E-state index is 12.3. The Morgan fingerprint density at radius 2 is 1.97 bits per heavy atom. The molecular formula is C22H25N7O3. The molecule has 0 unspecified atom stereocenters. The molecule has 0 aliphatic carbocycles. The summed E-state index contributed by atoms with van der Waals surface area (Å²) in [6.45, 7) is 2.04. The third-order valence-corrected chi connectivity index (χ3v) is 4.41. The van der Waals surface area contributed by atoms with Crippen LogP contribution in [0.3, 0.4) is 0 Å². The van der Waals surface area contributed by atoms with E-state index in [4.69, 9.17) is 26.0 Å². The van der Waals surface area contributed by atoms with Crippen LogP contribution in [0.1, 0.15) is 5.56 Å². The minimum Gasteiger partial charge on any atom is -0.486 e. The zero-order valence-electron chi connectivity index (χ0n) is 17.5. The molecule has 1 aliphatic heterocycles. The molecule has 3 rings (SSSR count). The van der Waals surface area contributed by atoms with E-state index in [0.717, 1.165) is 5.56 Å². The minimum atomic E-state index is -0.250. The van der Waals surface area contributed by atoms with E-state index < -0.39 is 0 Å². The Kier molecular flexibility index (Phi) is 8.04. The van der Waals surface area contributed by atoms with Crippen molar-refractivity contribution in [1.82, 2.24) is 9.88 Å². The Balaban J connectivity index is 1.50. The van der Waals surface area contributed by atoms with Crippen molar-refractivity contribution in [3.63, 3.8) is 0 Å². The van der Waals surface area contributed by atoms with E-state index >= 15 is 0 Å². The van der Waals surface area contributed by atoms with Crippen molar-refractivity contribution in [2.45, 2.75) is 0 Å². The highest BCUT2D eigenvalue weighted by Crippen LogP contribution is 2.15. The normalized spacial score (nSPS) is 14.2. The van der Waals surface area contributed by atoms with Gasteiger partial charge in [0.1, 0.15) is 29.8 Å². The number of urea groups is 1. The minimum absolute atomic E-state index is 0.0484. The predicted octanol–water partition coefficient (Wildman–Crippen LogP) is 2.28. The molecule has 0 bridgehead atoms. The number of allylic oxidation sites excluding steroid dienone is 1. The number of hydrogen-bond donors (Lipinski definition) is 4. The standard InChI is InChI=1S/C22H25N7O3/c23-18(16-4-2-1-3-5-16)6-7-19(24)27-20(25)15-32-17-8-9-26-21(14-17)28-22(30)29-10-12-31-13-11-29/h1-9,14,23H,10-13,15H2,(H3,24,25,27)(H,26,28,30)/b7-6-,23-18?. The van der Waals surface area contributed by atoms with E-state index in [9.17, 15) is 4.79 Å². The van der Waals surface area contributed by atoms with Gasteiger partial charge in [-0.25, -0.2) is 14.8 Å². The molecule has 1 aromatic carbocycles. The first kappa shape index (κ1) is 22.6. The molecular weight excluding hydrogens is 410 g/mol. The quantitative estimate of drug-likeness (QED) is 0.389. The topological polar surface area (TPSA) is 150 Å². The van der Waals surface area contributed by atoms with E-state index in [2.05, 4.69) is 15.3 Å². The van der Waals surface area contributed by atoms with Crippen molar-refractivity contribution in [2.75, 3.05) is 38.2 Å². The van der Waals surface area contributed by atoms with Gasteiger partial charge in [-0.3, -0.25) is 10.7 Å². The van der Waals surface area contributed by atoms with Gasteiger partial charge in [-0.1, -0.05) is 30.3 Å². The largest absolute Gasteiger partial charge is 0.486 e. The molecule has 2 amide bonds. The number of aliphatic imine (C=N–C) groups is 1. The van der Waals surface area contributed by atoms with Crippen LogP contribution < -0.4 is 15.8 Å². The Morgan fingerprint density at radius 3 is 2.72 bits per heavy atom. The summed E-state index contributed by atoms with van der Waals surface area (Å²) in [6, 6.07) is 12.1. The second kappa shape index (κ2) is 11.4. The molecule has 1 fully saturated rings. The summed E-state index contributed by atoms with van der Waals surface area (Å²) in [6.07, 6.45) is 4.40. The molecule has 0 saturated carbocycles. The third kappa shape index (κ3) is 7.03. The molecule has 0 atom stereocenters. The van der Waals surface area contributed by atoms with Crippen LogP contribution >= 0.6 is 0 Å². The fourth-order valence-corrected chi connectivity index (χ4v) is 2.78. The Morgan fingerprint density at radius 1 is 1.22 bits per heavy atom. The average Bonchev–Trinajstić information content (AvgIpc) is 2.82. The number of nitrogens with zero attached hydrogens (tertiary/aromatic N) is 3. The van der Waals surface area contributed by atoms with Gasteiger partial charge in [0.25, 0.3) is 0 Å². The molecule has 1 aromatic heterocycles. The van der Waals surface area contributed by atoms with Crippen LogP contribution in [-0.2, 0) is 4.74 Å². The van der Waals surface area contributed by atoms with Gasteiger partial charge in [0.2, 0.25) is 0 Å². The van der Waals surface area contributed by atoms with Gasteiger partial charge in [0.15, 0.2) is 0 Å². The van der Waals surface area contributed by atoms with E-state index in [-0.39, 0.29) is 30.0 Å². The number of anilines is 1. The van der Waals surface area contributed by atoms with Crippen molar-refractivity contribution in [3.8, 4) is 5.75 Å². The molecule has 1 aliphatic rings. The van der Waals surface area contributed by atoms with Crippen molar-refractivity contribution in [1.29, 1.82) is 10.8 Å². The van der Waals surface area contributed by atoms with E-state index in [1.165, 1.54) is 18.3 Å².